The Morgan fingerprint density at radius 3 is 2.38 bits per heavy atom. The van der Waals surface area contributed by atoms with Gasteiger partial charge in [0.25, 0.3) is 5.91 Å². The lowest BCUT2D eigenvalue weighted by molar-refractivity contribution is -0.123. The lowest BCUT2D eigenvalue weighted by Crippen LogP contribution is -2.30. The van der Waals surface area contributed by atoms with Crippen LogP contribution in [0.15, 0.2) is 108 Å². The Kier molecular flexibility index (Phi) is 5.62. The van der Waals surface area contributed by atoms with Gasteiger partial charge in [-0.15, -0.1) is 0 Å². The molecule has 1 amide bonds. The second-order valence-electron chi connectivity index (χ2n) is 8.76. The summed E-state index contributed by atoms with van der Waals surface area (Å²) >= 11 is 0. The van der Waals surface area contributed by atoms with Crippen molar-refractivity contribution in [3.8, 4) is 11.5 Å². The molecule has 0 saturated carbocycles. The number of anilines is 1. The third kappa shape index (κ3) is 4.19. The first kappa shape index (κ1) is 22.5. The highest BCUT2D eigenvalue weighted by molar-refractivity contribution is 6.11. The minimum Gasteiger partial charge on any atom is -0.449 e. The number of ether oxygens (including phenoxy) is 1. The van der Waals surface area contributed by atoms with E-state index in [9.17, 15) is 9.59 Å². The van der Waals surface area contributed by atoms with Crippen molar-refractivity contribution in [3.05, 3.63) is 109 Å². The Labute approximate surface area is 212 Å². The number of fused-ring (bicyclic) bond motifs is 3. The third-order valence-electron chi connectivity index (χ3n) is 6.35. The number of hydrogen-bond donors (Lipinski definition) is 1. The van der Waals surface area contributed by atoms with Crippen LogP contribution in [0, 0.1) is 0 Å². The Bertz CT molecular complexity index is 1760. The quantitative estimate of drug-likeness (QED) is 0.266. The SMILES string of the molecule is CC(OC(=O)c1cccc2cccc(-c3nc4ccccc4o3)c12)C(=O)Nc1cccc2ccccc12. The van der Waals surface area contributed by atoms with Gasteiger partial charge in [0.2, 0.25) is 5.89 Å². The van der Waals surface area contributed by atoms with E-state index in [0.29, 0.717) is 33.7 Å². The molecule has 1 atom stereocenters. The number of aromatic nitrogens is 1. The standard InChI is InChI=1S/C31H22N2O4/c1-19(29(34)32-25-17-8-10-20-9-2-3-13-22(20)25)36-31(35)24-15-7-12-21-11-6-14-23(28(21)24)30-33-26-16-4-5-18-27(26)37-30/h2-19H,1H3,(H,32,34). The molecule has 6 rings (SSSR count). The maximum absolute atomic E-state index is 13.3. The summed E-state index contributed by atoms with van der Waals surface area (Å²) in [7, 11) is 0. The molecule has 6 nitrogen and oxygen atoms in total. The molecule has 180 valence electrons. The average molecular weight is 487 g/mol. The molecule has 6 aromatic rings. The van der Waals surface area contributed by atoms with Crippen molar-refractivity contribution >= 4 is 50.2 Å². The fourth-order valence-electron chi connectivity index (χ4n) is 4.52. The molecule has 0 saturated heterocycles. The number of amides is 1. The number of oxazole rings is 1. The number of carbonyl (C=O) groups excluding carboxylic acids is 2. The van der Waals surface area contributed by atoms with E-state index < -0.39 is 18.0 Å². The van der Waals surface area contributed by atoms with Gasteiger partial charge in [0, 0.05) is 22.0 Å². The zero-order chi connectivity index (χ0) is 25.4. The summed E-state index contributed by atoms with van der Waals surface area (Å²) in [5, 5.41) is 6.30. The summed E-state index contributed by atoms with van der Waals surface area (Å²) in [5.74, 6) is -0.604. The molecule has 1 unspecified atom stereocenters. The number of benzene rings is 5. The van der Waals surface area contributed by atoms with E-state index in [1.807, 2.05) is 91.0 Å². The van der Waals surface area contributed by atoms with E-state index in [0.717, 1.165) is 21.7 Å². The number of hydrogen-bond acceptors (Lipinski definition) is 5. The molecule has 0 aliphatic heterocycles. The smallest absolute Gasteiger partial charge is 0.339 e. The summed E-state index contributed by atoms with van der Waals surface area (Å²) < 4.78 is 11.6. The molecule has 1 aromatic heterocycles. The summed E-state index contributed by atoms with van der Waals surface area (Å²) in [6.45, 7) is 1.56. The predicted octanol–water partition coefficient (Wildman–Crippen LogP) is 6.99. The molecule has 5 aromatic carbocycles. The van der Waals surface area contributed by atoms with Crippen LogP contribution in [0.2, 0.25) is 0 Å². The minimum absolute atomic E-state index is 0.333. The van der Waals surface area contributed by atoms with Gasteiger partial charge in [0.05, 0.1) is 5.56 Å². The normalized spacial score (nSPS) is 12.0. The van der Waals surface area contributed by atoms with Crippen molar-refractivity contribution in [2.45, 2.75) is 13.0 Å². The lowest BCUT2D eigenvalue weighted by atomic mass is 9.99. The number of nitrogens with zero attached hydrogens (tertiary/aromatic N) is 1. The van der Waals surface area contributed by atoms with E-state index in [-0.39, 0.29) is 0 Å². The molecule has 0 fully saturated rings. The second kappa shape index (κ2) is 9.24. The van der Waals surface area contributed by atoms with Crippen LogP contribution >= 0.6 is 0 Å². The van der Waals surface area contributed by atoms with Crippen molar-refractivity contribution in [3.63, 3.8) is 0 Å². The third-order valence-corrected chi connectivity index (χ3v) is 6.35. The van der Waals surface area contributed by atoms with Crippen molar-refractivity contribution in [1.29, 1.82) is 0 Å². The number of para-hydroxylation sites is 2. The van der Waals surface area contributed by atoms with E-state index >= 15 is 0 Å². The maximum Gasteiger partial charge on any atom is 0.339 e. The van der Waals surface area contributed by atoms with Gasteiger partial charge in [-0.3, -0.25) is 4.79 Å². The number of carbonyl (C=O) groups is 2. The van der Waals surface area contributed by atoms with Gasteiger partial charge >= 0.3 is 5.97 Å². The largest absolute Gasteiger partial charge is 0.449 e. The molecule has 0 aliphatic carbocycles. The number of esters is 1. The molecule has 0 spiro atoms. The van der Waals surface area contributed by atoms with Gasteiger partial charge in [-0.2, -0.15) is 0 Å². The topological polar surface area (TPSA) is 81.4 Å². The van der Waals surface area contributed by atoms with Gasteiger partial charge < -0.3 is 14.5 Å². The first-order valence-electron chi connectivity index (χ1n) is 12.0. The molecular formula is C31H22N2O4. The van der Waals surface area contributed by atoms with Crippen LogP contribution in [0.25, 0.3) is 44.1 Å². The highest BCUT2D eigenvalue weighted by Gasteiger charge is 2.23. The summed E-state index contributed by atoms with van der Waals surface area (Å²) in [4.78, 5) is 30.9. The molecule has 0 bridgehead atoms. The Hall–Kier alpha value is -4.97. The summed E-state index contributed by atoms with van der Waals surface area (Å²) in [6, 6.07) is 32.0. The van der Waals surface area contributed by atoms with Gasteiger partial charge in [0.15, 0.2) is 11.7 Å². The van der Waals surface area contributed by atoms with Crippen LogP contribution in [0.1, 0.15) is 17.3 Å². The monoisotopic (exact) mass is 486 g/mol. The van der Waals surface area contributed by atoms with Gasteiger partial charge in [-0.1, -0.05) is 72.8 Å². The highest BCUT2D eigenvalue weighted by atomic mass is 16.5. The maximum atomic E-state index is 13.3. The molecular weight excluding hydrogens is 464 g/mol. The highest BCUT2D eigenvalue weighted by Crippen LogP contribution is 2.33. The average Bonchev–Trinajstić information content (AvgIpc) is 3.37. The van der Waals surface area contributed by atoms with E-state index in [2.05, 4.69) is 10.3 Å². The molecule has 6 heteroatoms. The predicted molar refractivity (Wildman–Crippen MR) is 144 cm³/mol. The fourth-order valence-corrected chi connectivity index (χ4v) is 4.52. The Balaban J connectivity index is 1.30. The molecule has 1 heterocycles. The van der Waals surface area contributed by atoms with E-state index in [4.69, 9.17) is 9.15 Å². The van der Waals surface area contributed by atoms with Crippen molar-refractivity contribution in [2.24, 2.45) is 0 Å². The van der Waals surface area contributed by atoms with E-state index in [1.165, 1.54) is 0 Å². The van der Waals surface area contributed by atoms with Crippen molar-refractivity contribution < 1.29 is 18.7 Å². The van der Waals surface area contributed by atoms with Crippen LogP contribution in [0.5, 0.6) is 0 Å². The van der Waals surface area contributed by atoms with Gasteiger partial charge in [-0.05, 0) is 48.0 Å². The van der Waals surface area contributed by atoms with E-state index in [1.54, 1.807) is 19.1 Å². The van der Waals surface area contributed by atoms with Crippen molar-refractivity contribution in [1.82, 2.24) is 4.98 Å². The molecule has 0 radical (unpaired) electrons. The Morgan fingerprint density at radius 1 is 0.811 bits per heavy atom. The minimum atomic E-state index is -1.02. The second-order valence-corrected chi connectivity index (χ2v) is 8.76. The molecule has 1 N–H and O–H groups in total. The van der Waals surface area contributed by atoms with Gasteiger partial charge in [-0.25, -0.2) is 9.78 Å². The van der Waals surface area contributed by atoms with Crippen LogP contribution in [-0.2, 0) is 9.53 Å². The molecule has 0 aliphatic rings. The first-order chi connectivity index (χ1) is 18.1. The number of rotatable bonds is 5. The molecule has 37 heavy (non-hydrogen) atoms. The lowest BCUT2D eigenvalue weighted by Gasteiger charge is -2.16. The fraction of sp³-hybridized carbons (Fsp3) is 0.0645. The van der Waals surface area contributed by atoms with Crippen LogP contribution in [0.3, 0.4) is 0 Å². The van der Waals surface area contributed by atoms with Crippen LogP contribution < -0.4 is 5.32 Å². The van der Waals surface area contributed by atoms with Crippen LogP contribution in [-0.4, -0.2) is 23.0 Å². The summed E-state index contributed by atoms with van der Waals surface area (Å²) in [5.41, 5.74) is 3.06. The van der Waals surface area contributed by atoms with Crippen LogP contribution in [0.4, 0.5) is 5.69 Å². The zero-order valence-corrected chi connectivity index (χ0v) is 20.0. The van der Waals surface area contributed by atoms with Gasteiger partial charge in [0.1, 0.15) is 5.52 Å². The Morgan fingerprint density at radius 2 is 1.51 bits per heavy atom. The van der Waals surface area contributed by atoms with Crippen molar-refractivity contribution in [2.75, 3.05) is 5.32 Å². The zero-order valence-electron chi connectivity index (χ0n) is 20.0. The number of nitrogens with one attached hydrogen (secondary N) is 1. The summed E-state index contributed by atoms with van der Waals surface area (Å²) in [6.07, 6.45) is -1.02. The first-order valence-corrected chi connectivity index (χ1v) is 12.0.